The molecule has 2 atom stereocenters. The van der Waals surface area contributed by atoms with Gasteiger partial charge in [-0.05, 0) is 29.7 Å². The van der Waals surface area contributed by atoms with Crippen LogP contribution in [-0.4, -0.2) is 48.8 Å². The lowest BCUT2D eigenvalue weighted by molar-refractivity contribution is -0.144. The molecule has 32 heavy (non-hydrogen) atoms. The molecule has 0 aromatic heterocycles. The highest BCUT2D eigenvalue weighted by atomic mass is 32.2. The second kappa shape index (κ2) is 13.9. The van der Waals surface area contributed by atoms with E-state index >= 15 is 0 Å². The number of esters is 1. The molecule has 172 valence electrons. The molecule has 0 fully saturated rings. The van der Waals surface area contributed by atoms with E-state index in [1.54, 1.807) is 7.11 Å². The molecule has 1 amide bonds. The molecule has 0 heterocycles. The van der Waals surface area contributed by atoms with Crippen molar-refractivity contribution in [2.75, 3.05) is 25.7 Å². The molecule has 2 rings (SSSR count). The third kappa shape index (κ3) is 8.96. The Balaban J connectivity index is 2.00. The highest BCUT2D eigenvalue weighted by Gasteiger charge is 2.27. The fraction of sp³-hybridized carbons (Fsp3) is 0.375. The molecule has 0 bridgehead atoms. The van der Waals surface area contributed by atoms with E-state index in [0.717, 1.165) is 28.6 Å². The molecule has 2 aromatic rings. The first kappa shape index (κ1) is 25.8. The molecule has 0 radical (unpaired) electrons. The van der Waals surface area contributed by atoms with Crippen LogP contribution in [0.15, 0.2) is 54.6 Å². The Kier molecular flexibility index (Phi) is 11.2. The summed E-state index contributed by atoms with van der Waals surface area (Å²) in [5.41, 5.74) is 2.09. The number of carbonyl (C=O) groups is 3. The van der Waals surface area contributed by atoms with Gasteiger partial charge in [-0.15, -0.1) is 0 Å². The molecule has 8 heteroatoms. The molecule has 2 aromatic carbocycles. The summed E-state index contributed by atoms with van der Waals surface area (Å²) >= 11 is 2.65. The number of benzene rings is 2. The lowest BCUT2D eigenvalue weighted by Crippen LogP contribution is -2.46. The van der Waals surface area contributed by atoms with Gasteiger partial charge in [0.15, 0.2) is 5.12 Å². The third-order valence-electron chi connectivity index (χ3n) is 4.70. The Morgan fingerprint density at radius 3 is 2.22 bits per heavy atom. The van der Waals surface area contributed by atoms with Crippen LogP contribution in [-0.2, 0) is 31.3 Å². The molecule has 6 nitrogen and oxygen atoms in total. The Morgan fingerprint density at radius 2 is 1.62 bits per heavy atom. The van der Waals surface area contributed by atoms with Gasteiger partial charge >= 0.3 is 5.97 Å². The van der Waals surface area contributed by atoms with Crippen LogP contribution < -0.4 is 10.1 Å². The van der Waals surface area contributed by atoms with E-state index in [2.05, 4.69) is 5.32 Å². The molecular formula is C24H29NO5S2. The quantitative estimate of drug-likeness (QED) is 0.469. The van der Waals surface area contributed by atoms with E-state index in [0.29, 0.717) is 23.7 Å². The average molecular weight is 476 g/mol. The highest BCUT2D eigenvalue weighted by molar-refractivity contribution is 8.13. The van der Waals surface area contributed by atoms with Gasteiger partial charge in [-0.3, -0.25) is 9.59 Å². The van der Waals surface area contributed by atoms with Crippen LogP contribution in [0, 0.1) is 5.92 Å². The van der Waals surface area contributed by atoms with Crippen molar-refractivity contribution in [1.82, 2.24) is 5.32 Å². The summed E-state index contributed by atoms with van der Waals surface area (Å²) in [4.78, 5) is 36.8. The van der Waals surface area contributed by atoms with E-state index in [1.165, 1.54) is 25.8 Å². The van der Waals surface area contributed by atoms with Gasteiger partial charge in [0.25, 0.3) is 0 Å². The molecule has 0 aliphatic carbocycles. The minimum atomic E-state index is -0.767. The van der Waals surface area contributed by atoms with E-state index in [4.69, 9.17) is 9.47 Å². The number of hydrogen-bond donors (Lipinski definition) is 1. The largest absolute Gasteiger partial charge is 0.497 e. The van der Waals surface area contributed by atoms with E-state index < -0.39 is 17.9 Å². The van der Waals surface area contributed by atoms with Crippen molar-refractivity contribution in [1.29, 1.82) is 0 Å². The maximum Gasteiger partial charge on any atom is 0.329 e. The molecule has 1 N–H and O–H groups in total. The van der Waals surface area contributed by atoms with Crippen LogP contribution >= 0.6 is 23.5 Å². The van der Waals surface area contributed by atoms with Crippen molar-refractivity contribution in [3.05, 3.63) is 65.7 Å². The van der Waals surface area contributed by atoms with Gasteiger partial charge in [0.1, 0.15) is 11.8 Å². The van der Waals surface area contributed by atoms with E-state index in [-0.39, 0.29) is 11.0 Å². The minimum absolute atomic E-state index is 0.0459. The molecule has 0 spiro atoms. The predicted molar refractivity (Wildman–Crippen MR) is 130 cm³/mol. The van der Waals surface area contributed by atoms with Gasteiger partial charge in [0.2, 0.25) is 5.91 Å². The molecule has 0 saturated heterocycles. The number of ether oxygens (including phenoxy) is 2. The van der Waals surface area contributed by atoms with Crippen molar-refractivity contribution in [3.8, 4) is 5.75 Å². The summed E-state index contributed by atoms with van der Waals surface area (Å²) < 4.78 is 10.1. The lowest BCUT2D eigenvalue weighted by Gasteiger charge is -2.21. The summed E-state index contributed by atoms with van der Waals surface area (Å²) in [7, 11) is 2.93. The number of amides is 1. The molecule has 0 aliphatic heterocycles. The number of thioether (sulfide) groups is 2. The summed E-state index contributed by atoms with van der Waals surface area (Å²) in [5.74, 6) is 1.00. The van der Waals surface area contributed by atoms with Crippen molar-refractivity contribution in [3.63, 3.8) is 0 Å². The van der Waals surface area contributed by atoms with Crippen molar-refractivity contribution in [2.24, 2.45) is 5.92 Å². The second-order valence-corrected chi connectivity index (χ2v) is 9.36. The first-order chi connectivity index (χ1) is 15.4. The van der Waals surface area contributed by atoms with E-state index in [9.17, 15) is 14.4 Å². The summed E-state index contributed by atoms with van der Waals surface area (Å²) in [5, 5.41) is 2.79. The monoisotopic (exact) mass is 475 g/mol. The Bertz CT molecular complexity index is 874. The minimum Gasteiger partial charge on any atom is -0.497 e. The molecule has 0 unspecified atom stereocenters. The topological polar surface area (TPSA) is 81.7 Å². The van der Waals surface area contributed by atoms with Crippen molar-refractivity contribution < 1.29 is 23.9 Å². The van der Waals surface area contributed by atoms with Crippen LogP contribution in [0.5, 0.6) is 5.75 Å². The highest BCUT2D eigenvalue weighted by Crippen LogP contribution is 2.19. The fourth-order valence-electron chi connectivity index (χ4n) is 2.96. The maximum absolute atomic E-state index is 13.0. The maximum atomic E-state index is 13.0. The average Bonchev–Trinajstić information content (AvgIpc) is 2.81. The van der Waals surface area contributed by atoms with Crippen LogP contribution in [0.25, 0.3) is 0 Å². The molecule has 0 aliphatic rings. The Morgan fingerprint density at radius 1 is 0.938 bits per heavy atom. The van der Waals surface area contributed by atoms with Crippen LogP contribution in [0.3, 0.4) is 0 Å². The van der Waals surface area contributed by atoms with E-state index in [1.807, 2.05) is 54.6 Å². The number of hydrogen-bond acceptors (Lipinski definition) is 7. The van der Waals surface area contributed by atoms with Crippen molar-refractivity contribution in [2.45, 2.75) is 25.1 Å². The number of carbonyl (C=O) groups excluding carboxylic acids is 3. The Hall–Kier alpha value is -2.45. The van der Waals surface area contributed by atoms with Crippen LogP contribution in [0.4, 0.5) is 0 Å². The SMILES string of the molecule is COC(=O)[C@H](CSCc1ccc(OC)cc1)NC(=O)[C@H](CSC(C)=O)Cc1ccccc1. The standard InChI is InChI=1S/C24H29NO5S2/c1-17(26)32-15-20(13-18-7-5-4-6-8-18)23(27)25-22(24(28)30-3)16-31-14-19-9-11-21(29-2)12-10-19/h4-12,20,22H,13-16H2,1-3H3,(H,25,27)/t20-,22-/m0/s1. The summed E-state index contributed by atoms with van der Waals surface area (Å²) in [6, 6.07) is 16.6. The van der Waals surface area contributed by atoms with Gasteiger partial charge in [-0.25, -0.2) is 4.79 Å². The second-order valence-electron chi connectivity index (χ2n) is 7.14. The van der Waals surface area contributed by atoms with Gasteiger partial charge in [0, 0.05) is 24.2 Å². The number of nitrogens with one attached hydrogen (secondary N) is 1. The Labute approximate surface area is 197 Å². The third-order valence-corrected chi connectivity index (χ3v) is 6.78. The lowest BCUT2D eigenvalue weighted by atomic mass is 10.00. The zero-order chi connectivity index (χ0) is 23.3. The van der Waals surface area contributed by atoms with Gasteiger partial charge < -0.3 is 14.8 Å². The van der Waals surface area contributed by atoms with Gasteiger partial charge in [0.05, 0.1) is 20.1 Å². The normalized spacial score (nSPS) is 12.5. The van der Waals surface area contributed by atoms with Crippen LogP contribution in [0.2, 0.25) is 0 Å². The smallest absolute Gasteiger partial charge is 0.329 e. The fourth-order valence-corrected chi connectivity index (χ4v) is 4.67. The molecular weight excluding hydrogens is 446 g/mol. The molecule has 0 saturated carbocycles. The summed E-state index contributed by atoms with van der Waals surface area (Å²) in [6.07, 6.45) is 0.486. The first-order valence-corrected chi connectivity index (χ1v) is 12.3. The van der Waals surface area contributed by atoms with Crippen molar-refractivity contribution >= 4 is 40.5 Å². The van der Waals surface area contributed by atoms with Gasteiger partial charge in [-0.2, -0.15) is 11.8 Å². The first-order valence-electron chi connectivity index (χ1n) is 10.2. The predicted octanol–water partition coefficient (Wildman–Crippen LogP) is 3.72. The van der Waals surface area contributed by atoms with Gasteiger partial charge in [-0.1, -0.05) is 54.2 Å². The summed E-state index contributed by atoms with van der Waals surface area (Å²) in [6.45, 7) is 1.48. The number of methoxy groups -OCH3 is 2. The zero-order valence-corrected chi connectivity index (χ0v) is 20.2. The zero-order valence-electron chi connectivity index (χ0n) is 18.5. The van der Waals surface area contributed by atoms with Crippen LogP contribution in [0.1, 0.15) is 18.1 Å². The number of rotatable bonds is 12.